The minimum absolute atomic E-state index is 0.0412. The molecule has 1 aliphatic rings. The Morgan fingerprint density at radius 1 is 1.33 bits per heavy atom. The van der Waals surface area contributed by atoms with Crippen LogP contribution >= 0.6 is 0 Å². The number of carboxylic acid groups (broad SMARTS) is 1. The molecular weight excluding hydrogens is 173 g/mol. The van der Waals surface area contributed by atoms with E-state index in [0.29, 0.717) is 6.42 Å². The Kier molecular flexibility index (Phi) is 2.30. The summed E-state index contributed by atoms with van der Waals surface area (Å²) in [6.45, 7) is 0. The van der Waals surface area contributed by atoms with Crippen LogP contribution in [0.2, 0.25) is 0 Å². The van der Waals surface area contributed by atoms with Crippen LogP contribution in [0.25, 0.3) is 0 Å². The Morgan fingerprint density at radius 3 is 2.25 bits per heavy atom. The fourth-order valence-electron chi connectivity index (χ4n) is 1.65. The number of aliphatic carboxylic acids is 1. The summed E-state index contributed by atoms with van der Waals surface area (Å²) in [7, 11) is 0. The molecule has 2 unspecified atom stereocenters. The summed E-state index contributed by atoms with van der Waals surface area (Å²) in [4.78, 5) is 10.4. The molecule has 0 bridgehead atoms. The molecule has 0 aliphatic heterocycles. The average molecular weight is 182 g/mol. The summed E-state index contributed by atoms with van der Waals surface area (Å²) in [6.07, 6.45) is -3.87. The van der Waals surface area contributed by atoms with Crippen LogP contribution in [0.1, 0.15) is 19.3 Å². The smallest absolute Gasteiger partial charge is 0.392 e. The third kappa shape index (κ3) is 1.70. The lowest BCUT2D eigenvalue weighted by Gasteiger charge is -2.18. The highest BCUT2D eigenvalue weighted by atomic mass is 19.4. The highest BCUT2D eigenvalue weighted by Crippen LogP contribution is 2.42. The Balaban J connectivity index is 2.71. The van der Waals surface area contributed by atoms with Gasteiger partial charge in [0.15, 0.2) is 0 Å². The topological polar surface area (TPSA) is 37.3 Å². The van der Waals surface area contributed by atoms with E-state index in [4.69, 9.17) is 5.11 Å². The zero-order chi connectivity index (χ0) is 9.35. The first kappa shape index (κ1) is 9.35. The van der Waals surface area contributed by atoms with Crippen LogP contribution in [-0.2, 0) is 4.79 Å². The van der Waals surface area contributed by atoms with E-state index in [1.165, 1.54) is 0 Å². The third-order valence-corrected chi connectivity index (χ3v) is 2.25. The molecule has 2 nitrogen and oxygen atoms in total. The number of rotatable bonds is 1. The van der Waals surface area contributed by atoms with Gasteiger partial charge in [-0.3, -0.25) is 4.79 Å². The molecule has 12 heavy (non-hydrogen) atoms. The second-order valence-electron chi connectivity index (χ2n) is 3.02. The zero-order valence-corrected chi connectivity index (χ0v) is 6.27. The maximum absolute atomic E-state index is 12.1. The number of halogens is 3. The quantitative estimate of drug-likeness (QED) is 0.673. The maximum atomic E-state index is 12.1. The SMILES string of the molecule is O=C(O)C1CCCC1C(F)(F)F. The molecule has 1 saturated carbocycles. The molecule has 1 fully saturated rings. The lowest BCUT2D eigenvalue weighted by atomic mass is 9.96. The highest BCUT2D eigenvalue weighted by Gasteiger charge is 2.49. The monoisotopic (exact) mass is 182 g/mol. The van der Waals surface area contributed by atoms with E-state index < -0.39 is 24.0 Å². The lowest BCUT2D eigenvalue weighted by Crippen LogP contribution is -2.30. The van der Waals surface area contributed by atoms with Crippen LogP contribution in [-0.4, -0.2) is 17.3 Å². The van der Waals surface area contributed by atoms with Crippen LogP contribution in [0.5, 0.6) is 0 Å². The number of carboxylic acids is 1. The first-order valence-corrected chi connectivity index (χ1v) is 3.72. The van der Waals surface area contributed by atoms with Crippen molar-refractivity contribution in [3.63, 3.8) is 0 Å². The molecule has 1 rings (SSSR count). The largest absolute Gasteiger partial charge is 0.481 e. The van der Waals surface area contributed by atoms with Gasteiger partial charge in [-0.2, -0.15) is 13.2 Å². The number of hydrogen-bond donors (Lipinski definition) is 1. The number of alkyl halides is 3. The van der Waals surface area contributed by atoms with Crippen LogP contribution < -0.4 is 0 Å². The minimum atomic E-state index is -4.35. The van der Waals surface area contributed by atoms with E-state index in [1.54, 1.807) is 0 Å². The summed E-state index contributed by atoms with van der Waals surface area (Å²) in [5, 5.41) is 8.45. The maximum Gasteiger partial charge on any atom is 0.392 e. The summed E-state index contributed by atoms with van der Waals surface area (Å²) in [6, 6.07) is 0. The second kappa shape index (κ2) is 2.95. The predicted molar refractivity (Wildman–Crippen MR) is 34.5 cm³/mol. The van der Waals surface area contributed by atoms with E-state index in [1.807, 2.05) is 0 Å². The van der Waals surface area contributed by atoms with Gasteiger partial charge in [-0.1, -0.05) is 6.42 Å². The van der Waals surface area contributed by atoms with Crippen molar-refractivity contribution in [2.45, 2.75) is 25.4 Å². The van der Waals surface area contributed by atoms with Gasteiger partial charge in [0.25, 0.3) is 0 Å². The fourth-order valence-corrected chi connectivity index (χ4v) is 1.65. The molecule has 0 aromatic carbocycles. The van der Waals surface area contributed by atoms with E-state index in [9.17, 15) is 18.0 Å². The molecule has 0 radical (unpaired) electrons. The molecule has 0 saturated heterocycles. The summed E-state index contributed by atoms with van der Waals surface area (Å²) >= 11 is 0. The number of hydrogen-bond acceptors (Lipinski definition) is 1. The first-order chi connectivity index (χ1) is 5.43. The van der Waals surface area contributed by atoms with Gasteiger partial charge in [0.05, 0.1) is 11.8 Å². The third-order valence-electron chi connectivity index (χ3n) is 2.25. The van der Waals surface area contributed by atoms with Gasteiger partial charge in [0, 0.05) is 0 Å². The average Bonchev–Trinajstić information content (AvgIpc) is 2.30. The first-order valence-electron chi connectivity index (χ1n) is 3.72. The number of carbonyl (C=O) groups is 1. The fraction of sp³-hybridized carbons (Fsp3) is 0.857. The molecule has 70 valence electrons. The van der Waals surface area contributed by atoms with Gasteiger partial charge < -0.3 is 5.11 Å². The van der Waals surface area contributed by atoms with Crippen molar-refractivity contribution in [2.24, 2.45) is 11.8 Å². The molecule has 0 aromatic rings. The van der Waals surface area contributed by atoms with Gasteiger partial charge in [-0.15, -0.1) is 0 Å². The Bertz CT molecular complexity index is 188. The second-order valence-corrected chi connectivity index (χ2v) is 3.02. The summed E-state index contributed by atoms with van der Waals surface area (Å²) < 4.78 is 36.3. The van der Waals surface area contributed by atoms with Gasteiger partial charge in [0.2, 0.25) is 0 Å². The molecule has 0 heterocycles. The summed E-state index contributed by atoms with van der Waals surface area (Å²) in [5.74, 6) is -4.17. The van der Waals surface area contributed by atoms with Gasteiger partial charge in [-0.25, -0.2) is 0 Å². The molecule has 2 atom stereocenters. The molecule has 1 aliphatic carbocycles. The van der Waals surface area contributed by atoms with Crippen molar-refractivity contribution in [3.8, 4) is 0 Å². The van der Waals surface area contributed by atoms with Crippen molar-refractivity contribution >= 4 is 5.97 Å². The molecule has 0 aromatic heterocycles. The lowest BCUT2D eigenvalue weighted by molar-refractivity contribution is -0.191. The van der Waals surface area contributed by atoms with Crippen molar-refractivity contribution in [1.82, 2.24) is 0 Å². The van der Waals surface area contributed by atoms with Crippen LogP contribution in [0.3, 0.4) is 0 Å². The van der Waals surface area contributed by atoms with Gasteiger partial charge in [0.1, 0.15) is 0 Å². The van der Waals surface area contributed by atoms with E-state index in [-0.39, 0.29) is 12.8 Å². The molecule has 0 spiro atoms. The van der Waals surface area contributed by atoms with E-state index in [0.717, 1.165) is 0 Å². The Morgan fingerprint density at radius 2 is 1.92 bits per heavy atom. The van der Waals surface area contributed by atoms with Crippen LogP contribution in [0, 0.1) is 11.8 Å². The molecule has 5 heteroatoms. The van der Waals surface area contributed by atoms with Crippen LogP contribution in [0.4, 0.5) is 13.2 Å². The van der Waals surface area contributed by atoms with Crippen molar-refractivity contribution in [3.05, 3.63) is 0 Å². The minimum Gasteiger partial charge on any atom is -0.481 e. The standard InChI is InChI=1S/C7H9F3O2/c8-7(9,10)5-3-1-2-4(5)6(11)12/h4-5H,1-3H2,(H,11,12). The molecule has 1 N–H and O–H groups in total. The van der Waals surface area contributed by atoms with Crippen molar-refractivity contribution < 1.29 is 23.1 Å². The van der Waals surface area contributed by atoms with E-state index in [2.05, 4.69) is 0 Å². The molecule has 0 amide bonds. The molecular formula is C7H9F3O2. The Labute approximate surface area is 67.4 Å². The highest BCUT2D eigenvalue weighted by molar-refractivity contribution is 5.70. The van der Waals surface area contributed by atoms with E-state index >= 15 is 0 Å². The van der Waals surface area contributed by atoms with Gasteiger partial charge >= 0.3 is 12.1 Å². The van der Waals surface area contributed by atoms with Crippen molar-refractivity contribution in [2.75, 3.05) is 0 Å². The van der Waals surface area contributed by atoms with Crippen LogP contribution in [0.15, 0.2) is 0 Å². The van der Waals surface area contributed by atoms with Crippen molar-refractivity contribution in [1.29, 1.82) is 0 Å². The Hall–Kier alpha value is -0.740. The normalized spacial score (nSPS) is 30.6. The summed E-state index contributed by atoms with van der Waals surface area (Å²) in [5.41, 5.74) is 0. The zero-order valence-electron chi connectivity index (χ0n) is 6.27. The van der Waals surface area contributed by atoms with Gasteiger partial charge in [-0.05, 0) is 12.8 Å². The predicted octanol–water partition coefficient (Wildman–Crippen LogP) is 2.05.